The fraction of sp³-hybridized carbons (Fsp3) is 0.150. The molecular formula is C20H19N5O. The third kappa shape index (κ3) is 2.97. The molecular weight excluding hydrogens is 326 g/mol. The van der Waals surface area contributed by atoms with Gasteiger partial charge in [-0.25, -0.2) is 9.97 Å². The second-order valence-corrected chi connectivity index (χ2v) is 6.43. The molecule has 2 aromatic carbocycles. The highest BCUT2D eigenvalue weighted by molar-refractivity contribution is 5.98. The zero-order valence-corrected chi connectivity index (χ0v) is 14.6. The molecule has 1 amide bonds. The lowest BCUT2D eigenvalue weighted by molar-refractivity contribution is 0.0943. The molecule has 0 saturated carbocycles. The SMILES string of the molecule is CC(C)NC(=O)c1ccc2nc(-c3ccccc3-c3ncc[nH]3)[nH]c2c1. The van der Waals surface area contributed by atoms with E-state index in [0.717, 1.165) is 33.8 Å². The van der Waals surface area contributed by atoms with Crippen LogP contribution in [-0.2, 0) is 0 Å². The number of aromatic amines is 2. The first-order chi connectivity index (χ1) is 12.6. The summed E-state index contributed by atoms with van der Waals surface area (Å²) in [5.74, 6) is 1.44. The standard InChI is InChI=1S/C20H19N5O/c1-12(2)23-20(26)13-7-8-16-17(11-13)25-19(24-16)15-6-4-3-5-14(15)18-21-9-10-22-18/h3-12H,1-2H3,(H,21,22)(H,23,26)(H,24,25). The number of benzene rings is 2. The van der Waals surface area contributed by atoms with Crippen LogP contribution in [0.2, 0.25) is 0 Å². The lowest BCUT2D eigenvalue weighted by atomic mass is 10.1. The van der Waals surface area contributed by atoms with Crippen molar-refractivity contribution in [3.05, 3.63) is 60.4 Å². The molecule has 6 heteroatoms. The zero-order chi connectivity index (χ0) is 18.1. The Morgan fingerprint density at radius 2 is 1.85 bits per heavy atom. The Bertz CT molecular complexity index is 1060. The van der Waals surface area contributed by atoms with E-state index < -0.39 is 0 Å². The number of rotatable bonds is 4. The molecule has 4 rings (SSSR count). The summed E-state index contributed by atoms with van der Waals surface area (Å²) in [6.45, 7) is 3.88. The molecule has 0 radical (unpaired) electrons. The molecule has 0 atom stereocenters. The van der Waals surface area contributed by atoms with E-state index in [1.807, 2.05) is 50.2 Å². The summed E-state index contributed by atoms with van der Waals surface area (Å²) >= 11 is 0. The van der Waals surface area contributed by atoms with Crippen LogP contribution in [0.3, 0.4) is 0 Å². The Morgan fingerprint density at radius 3 is 2.54 bits per heavy atom. The maximum absolute atomic E-state index is 12.2. The molecule has 0 aliphatic carbocycles. The van der Waals surface area contributed by atoms with E-state index in [1.165, 1.54) is 0 Å². The molecule has 0 aliphatic heterocycles. The number of amides is 1. The second kappa shape index (κ2) is 6.48. The van der Waals surface area contributed by atoms with Crippen LogP contribution in [-0.4, -0.2) is 31.9 Å². The van der Waals surface area contributed by atoms with Gasteiger partial charge in [0.25, 0.3) is 5.91 Å². The molecule has 130 valence electrons. The van der Waals surface area contributed by atoms with Crippen LogP contribution in [0.4, 0.5) is 0 Å². The highest BCUT2D eigenvalue weighted by atomic mass is 16.1. The minimum absolute atomic E-state index is 0.0889. The van der Waals surface area contributed by atoms with E-state index in [2.05, 4.69) is 25.3 Å². The van der Waals surface area contributed by atoms with Crippen molar-refractivity contribution in [2.75, 3.05) is 0 Å². The van der Waals surface area contributed by atoms with Gasteiger partial charge in [0.15, 0.2) is 0 Å². The molecule has 0 spiro atoms. The molecule has 0 fully saturated rings. The number of fused-ring (bicyclic) bond motifs is 1. The van der Waals surface area contributed by atoms with Gasteiger partial charge in [0, 0.05) is 35.1 Å². The van der Waals surface area contributed by atoms with Crippen LogP contribution >= 0.6 is 0 Å². The molecule has 0 aliphatic rings. The number of hydrogen-bond donors (Lipinski definition) is 3. The summed E-state index contributed by atoms with van der Waals surface area (Å²) in [7, 11) is 0. The molecule has 0 bridgehead atoms. The average Bonchev–Trinajstić information content (AvgIpc) is 3.30. The summed E-state index contributed by atoms with van der Waals surface area (Å²) in [6.07, 6.45) is 3.52. The van der Waals surface area contributed by atoms with Gasteiger partial charge in [-0.05, 0) is 32.0 Å². The van der Waals surface area contributed by atoms with E-state index in [-0.39, 0.29) is 11.9 Å². The highest BCUT2D eigenvalue weighted by Gasteiger charge is 2.14. The summed E-state index contributed by atoms with van der Waals surface area (Å²) in [4.78, 5) is 27.7. The highest BCUT2D eigenvalue weighted by Crippen LogP contribution is 2.29. The number of nitrogens with zero attached hydrogens (tertiary/aromatic N) is 2. The molecule has 0 unspecified atom stereocenters. The van der Waals surface area contributed by atoms with Crippen molar-refractivity contribution >= 4 is 16.9 Å². The fourth-order valence-electron chi connectivity index (χ4n) is 2.93. The van der Waals surface area contributed by atoms with Gasteiger partial charge >= 0.3 is 0 Å². The van der Waals surface area contributed by atoms with E-state index in [0.29, 0.717) is 5.56 Å². The fourth-order valence-corrected chi connectivity index (χ4v) is 2.93. The predicted molar refractivity (Wildman–Crippen MR) is 102 cm³/mol. The molecule has 2 aromatic heterocycles. The summed E-state index contributed by atoms with van der Waals surface area (Å²) < 4.78 is 0. The van der Waals surface area contributed by atoms with Crippen LogP contribution in [0.1, 0.15) is 24.2 Å². The van der Waals surface area contributed by atoms with E-state index >= 15 is 0 Å². The number of imidazole rings is 2. The lowest BCUT2D eigenvalue weighted by Crippen LogP contribution is -2.29. The maximum atomic E-state index is 12.2. The first-order valence-electron chi connectivity index (χ1n) is 8.51. The van der Waals surface area contributed by atoms with Crippen molar-refractivity contribution in [3.8, 4) is 22.8 Å². The number of hydrogen-bond acceptors (Lipinski definition) is 3. The minimum atomic E-state index is -0.0889. The number of aromatic nitrogens is 4. The summed E-state index contributed by atoms with van der Waals surface area (Å²) in [5.41, 5.74) is 4.17. The number of carbonyl (C=O) groups is 1. The van der Waals surface area contributed by atoms with Gasteiger partial charge in [-0.3, -0.25) is 4.79 Å². The maximum Gasteiger partial charge on any atom is 0.251 e. The minimum Gasteiger partial charge on any atom is -0.350 e. The van der Waals surface area contributed by atoms with E-state index in [4.69, 9.17) is 0 Å². The molecule has 3 N–H and O–H groups in total. The van der Waals surface area contributed by atoms with E-state index in [9.17, 15) is 4.79 Å². The largest absolute Gasteiger partial charge is 0.350 e. The quantitative estimate of drug-likeness (QED) is 0.526. The first kappa shape index (κ1) is 16.1. The third-order valence-electron chi connectivity index (χ3n) is 4.10. The molecule has 6 nitrogen and oxygen atoms in total. The van der Waals surface area contributed by atoms with Gasteiger partial charge in [0.2, 0.25) is 0 Å². The van der Waals surface area contributed by atoms with Gasteiger partial charge in [-0.1, -0.05) is 24.3 Å². The Labute approximate surface area is 150 Å². The number of H-pyrrole nitrogens is 2. The van der Waals surface area contributed by atoms with Crippen molar-refractivity contribution in [2.45, 2.75) is 19.9 Å². The van der Waals surface area contributed by atoms with Gasteiger partial charge in [-0.2, -0.15) is 0 Å². The van der Waals surface area contributed by atoms with Crippen molar-refractivity contribution in [2.24, 2.45) is 0 Å². The van der Waals surface area contributed by atoms with Gasteiger partial charge in [0.1, 0.15) is 11.6 Å². The Balaban J connectivity index is 1.76. The third-order valence-corrected chi connectivity index (χ3v) is 4.10. The Kier molecular flexibility index (Phi) is 4.01. The number of nitrogens with one attached hydrogen (secondary N) is 3. The van der Waals surface area contributed by atoms with Crippen LogP contribution in [0.5, 0.6) is 0 Å². The van der Waals surface area contributed by atoms with Crippen LogP contribution in [0.15, 0.2) is 54.9 Å². The molecule has 0 saturated heterocycles. The topological polar surface area (TPSA) is 86.5 Å². The monoisotopic (exact) mass is 345 g/mol. The Hall–Kier alpha value is -3.41. The number of carbonyl (C=O) groups excluding carboxylic acids is 1. The normalized spacial score (nSPS) is 11.2. The first-order valence-corrected chi connectivity index (χ1v) is 8.51. The zero-order valence-electron chi connectivity index (χ0n) is 14.6. The lowest BCUT2D eigenvalue weighted by Gasteiger charge is -2.07. The summed E-state index contributed by atoms with van der Waals surface area (Å²) in [6, 6.07) is 13.5. The molecule has 4 aromatic rings. The van der Waals surface area contributed by atoms with Crippen molar-refractivity contribution < 1.29 is 4.79 Å². The molecule has 2 heterocycles. The smallest absolute Gasteiger partial charge is 0.251 e. The van der Waals surface area contributed by atoms with Gasteiger partial charge in [-0.15, -0.1) is 0 Å². The second-order valence-electron chi connectivity index (χ2n) is 6.43. The van der Waals surface area contributed by atoms with E-state index in [1.54, 1.807) is 18.5 Å². The van der Waals surface area contributed by atoms with Crippen LogP contribution in [0.25, 0.3) is 33.8 Å². The van der Waals surface area contributed by atoms with Gasteiger partial charge < -0.3 is 15.3 Å². The van der Waals surface area contributed by atoms with Crippen LogP contribution < -0.4 is 5.32 Å². The van der Waals surface area contributed by atoms with Gasteiger partial charge in [0.05, 0.1) is 11.0 Å². The van der Waals surface area contributed by atoms with Crippen molar-refractivity contribution in [1.82, 2.24) is 25.3 Å². The molecule has 26 heavy (non-hydrogen) atoms. The summed E-state index contributed by atoms with van der Waals surface area (Å²) in [5, 5.41) is 2.90. The van der Waals surface area contributed by atoms with Crippen LogP contribution in [0, 0.1) is 0 Å². The average molecular weight is 345 g/mol. The Morgan fingerprint density at radius 1 is 1.08 bits per heavy atom. The van der Waals surface area contributed by atoms with Crippen molar-refractivity contribution in [1.29, 1.82) is 0 Å². The van der Waals surface area contributed by atoms with Crippen molar-refractivity contribution in [3.63, 3.8) is 0 Å². The predicted octanol–water partition coefficient (Wildman–Crippen LogP) is 3.76.